The van der Waals surface area contributed by atoms with Crippen molar-refractivity contribution in [2.24, 2.45) is 7.05 Å². The molecule has 1 atom stereocenters. The topological polar surface area (TPSA) is 62.5 Å². The third kappa shape index (κ3) is 3.91. The fourth-order valence-electron chi connectivity index (χ4n) is 3.84. The summed E-state index contributed by atoms with van der Waals surface area (Å²) in [4.78, 5) is 30.3. The molecule has 2 aromatic rings. The molecular formula is C21H31N5O2. The number of anilines is 1. The summed E-state index contributed by atoms with van der Waals surface area (Å²) >= 11 is 0. The van der Waals surface area contributed by atoms with Crippen molar-refractivity contribution in [1.29, 1.82) is 0 Å². The quantitative estimate of drug-likeness (QED) is 0.853. The summed E-state index contributed by atoms with van der Waals surface area (Å²) in [6.45, 7) is 5.84. The number of nitrogens with zero attached hydrogens (tertiary/aromatic N) is 4. The molecule has 1 amide bonds. The number of hydrogen-bond donors (Lipinski definition) is 1. The fourth-order valence-corrected chi connectivity index (χ4v) is 3.84. The van der Waals surface area contributed by atoms with Gasteiger partial charge in [-0.3, -0.25) is 19.2 Å². The van der Waals surface area contributed by atoms with Crippen molar-refractivity contribution < 1.29 is 4.79 Å². The number of carbonyl (C=O) groups is 1. The average Bonchev–Trinajstić information content (AvgIpc) is 2.91. The lowest BCUT2D eigenvalue weighted by molar-refractivity contribution is -0.121. The molecule has 7 nitrogen and oxygen atoms in total. The monoisotopic (exact) mass is 385 g/mol. The number of piperidine rings is 1. The summed E-state index contributed by atoms with van der Waals surface area (Å²) in [7, 11) is 5.95. The van der Waals surface area contributed by atoms with Crippen molar-refractivity contribution in [2.75, 3.05) is 32.5 Å². The van der Waals surface area contributed by atoms with E-state index in [0.717, 1.165) is 37.3 Å². The number of carbonyl (C=O) groups excluding carboxylic acids is 1. The molecule has 1 aromatic carbocycles. The first-order valence-electron chi connectivity index (χ1n) is 9.86. The summed E-state index contributed by atoms with van der Waals surface area (Å²) in [6, 6.07) is 9.52. The second-order valence-electron chi connectivity index (χ2n) is 7.80. The molecule has 28 heavy (non-hydrogen) atoms. The Morgan fingerprint density at radius 1 is 1.18 bits per heavy atom. The van der Waals surface area contributed by atoms with Crippen LogP contribution in [-0.4, -0.2) is 64.3 Å². The number of rotatable bonds is 5. The predicted molar refractivity (Wildman–Crippen MR) is 112 cm³/mol. The van der Waals surface area contributed by atoms with Crippen LogP contribution in [0.3, 0.4) is 0 Å². The minimum absolute atomic E-state index is 0.146. The molecule has 1 saturated heterocycles. The van der Waals surface area contributed by atoms with Gasteiger partial charge < -0.3 is 10.2 Å². The number of likely N-dealkylation sites (N-methyl/N-ethyl adjacent to an activating group) is 1. The molecule has 1 fully saturated rings. The van der Waals surface area contributed by atoms with E-state index in [1.807, 2.05) is 58.3 Å². The summed E-state index contributed by atoms with van der Waals surface area (Å²) in [6.07, 6.45) is 2.10. The van der Waals surface area contributed by atoms with Crippen LogP contribution in [0.15, 0.2) is 35.1 Å². The first-order chi connectivity index (χ1) is 13.3. The largest absolute Gasteiger partial charge is 0.319 e. The highest BCUT2D eigenvalue weighted by molar-refractivity contribution is 5.95. The molecule has 0 spiro atoms. The second-order valence-corrected chi connectivity index (χ2v) is 7.80. The lowest BCUT2D eigenvalue weighted by Gasteiger charge is -2.37. The number of nitrogens with one attached hydrogen (secondary N) is 1. The smallest absolute Gasteiger partial charge is 0.295 e. The maximum Gasteiger partial charge on any atom is 0.295 e. The van der Waals surface area contributed by atoms with E-state index >= 15 is 0 Å². The SMILES string of the molecule is Cc1c(NC(=O)C(C)N(C)C2CCN(C)CC2)c(=O)n(-c2ccccc2)n1C. The highest BCUT2D eigenvalue weighted by atomic mass is 16.2. The Hall–Kier alpha value is -2.38. The molecule has 1 N–H and O–H groups in total. The van der Waals surface area contributed by atoms with E-state index in [-0.39, 0.29) is 17.5 Å². The molecule has 2 heterocycles. The Morgan fingerprint density at radius 2 is 1.79 bits per heavy atom. The standard InChI is InChI=1S/C21H31N5O2/c1-15-19(21(28)26(25(15)5)18-9-7-6-8-10-18)22-20(27)16(2)24(4)17-11-13-23(3)14-12-17/h6-10,16-17H,11-14H2,1-5H3,(H,22,27). The van der Waals surface area contributed by atoms with Crippen LogP contribution >= 0.6 is 0 Å². The normalized spacial score (nSPS) is 17.1. The van der Waals surface area contributed by atoms with Crippen LogP contribution < -0.4 is 10.9 Å². The van der Waals surface area contributed by atoms with E-state index in [2.05, 4.69) is 22.2 Å². The van der Waals surface area contributed by atoms with E-state index in [9.17, 15) is 9.59 Å². The maximum atomic E-state index is 13.0. The Kier molecular flexibility index (Phi) is 6.05. The van der Waals surface area contributed by atoms with E-state index in [4.69, 9.17) is 0 Å². The summed E-state index contributed by atoms with van der Waals surface area (Å²) in [5.41, 5.74) is 1.64. The zero-order valence-corrected chi connectivity index (χ0v) is 17.5. The molecule has 1 aliphatic rings. The summed E-state index contributed by atoms with van der Waals surface area (Å²) in [5, 5.41) is 2.89. The van der Waals surface area contributed by atoms with Gasteiger partial charge in [0.2, 0.25) is 5.91 Å². The van der Waals surface area contributed by atoms with Crippen molar-refractivity contribution in [1.82, 2.24) is 19.2 Å². The lowest BCUT2D eigenvalue weighted by atomic mass is 10.0. The Morgan fingerprint density at radius 3 is 2.39 bits per heavy atom. The van der Waals surface area contributed by atoms with Crippen molar-refractivity contribution in [3.63, 3.8) is 0 Å². The van der Waals surface area contributed by atoms with Gasteiger partial charge in [-0.15, -0.1) is 0 Å². The van der Waals surface area contributed by atoms with Crippen LogP contribution in [0.1, 0.15) is 25.5 Å². The van der Waals surface area contributed by atoms with Crippen LogP contribution in [0.4, 0.5) is 5.69 Å². The first-order valence-corrected chi connectivity index (χ1v) is 9.86. The maximum absolute atomic E-state index is 13.0. The highest BCUT2D eigenvalue weighted by Crippen LogP contribution is 2.18. The van der Waals surface area contributed by atoms with Gasteiger partial charge in [0.15, 0.2) is 0 Å². The van der Waals surface area contributed by atoms with Crippen molar-refractivity contribution >= 4 is 11.6 Å². The van der Waals surface area contributed by atoms with Crippen LogP contribution in [-0.2, 0) is 11.8 Å². The molecule has 3 rings (SSSR count). The second kappa shape index (κ2) is 8.32. The Bertz CT molecular complexity index is 878. The minimum atomic E-state index is -0.308. The molecule has 0 saturated carbocycles. The van der Waals surface area contributed by atoms with Crippen LogP contribution in [0.5, 0.6) is 0 Å². The third-order valence-corrected chi connectivity index (χ3v) is 6.06. The summed E-state index contributed by atoms with van der Waals surface area (Å²) < 4.78 is 3.36. The number of benzene rings is 1. The molecule has 152 valence electrons. The van der Waals surface area contributed by atoms with E-state index < -0.39 is 0 Å². The first kappa shape index (κ1) is 20.4. The van der Waals surface area contributed by atoms with Gasteiger partial charge in [0.05, 0.1) is 17.4 Å². The third-order valence-electron chi connectivity index (χ3n) is 6.06. The zero-order valence-electron chi connectivity index (χ0n) is 17.5. The molecule has 1 aromatic heterocycles. The number of amides is 1. The van der Waals surface area contributed by atoms with E-state index in [1.54, 1.807) is 9.36 Å². The van der Waals surface area contributed by atoms with Crippen LogP contribution in [0, 0.1) is 6.92 Å². The van der Waals surface area contributed by atoms with Gasteiger partial charge in [-0.25, -0.2) is 4.68 Å². The van der Waals surface area contributed by atoms with Gasteiger partial charge in [0.1, 0.15) is 5.69 Å². The number of likely N-dealkylation sites (tertiary alicyclic amines) is 1. The predicted octanol–water partition coefficient (Wildman–Crippen LogP) is 1.84. The molecule has 1 aliphatic heterocycles. The van der Waals surface area contributed by atoms with Gasteiger partial charge in [-0.05, 0) is 66.0 Å². The average molecular weight is 386 g/mol. The molecule has 0 bridgehead atoms. The van der Waals surface area contributed by atoms with Crippen molar-refractivity contribution in [2.45, 2.75) is 38.8 Å². The van der Waals surface area contributed by atoms with Crippen LogP contribution in [0.25, 0.3) is 5.69 Å². The highest BCUT2D eigenvalue weighted by Gasteiger charge is 2.28. The van der Waals surface area contributed by atoms with E-state index in [1.165, 1.54) is 0 Å². The van der Waals surface area contributed by atoms with Crippen LogP contribution in [0.2, 0.25) is 0 Å². The number of para-hydroxylation sites is 1. The Labute approximate surface area is 166 Å². The summed E-state index contributed by atoms with van der Waals surface area (Å²) in [5.74, 6) is -0.146. The van der Waals surface area contributed by atoms with Gasteiger partial charge in [0, 0.05) is 13.1 Å². The molecule has 1 unspecified atom stereocenters. The Balaban J connectivity index is 1.78. The number of aromatic nitrogens is 2. The molecule has 0 radical (unpaired) electrons. The fraction of sp³-hybridized carbons (Fsp3) is 0.524. The van der Waals surface area contributed by atoms with E-state index in [0.29, 0.717) is 11.7 Å². The van der Waals surface area contributed by atoms with Crippen molar-refractivity contribution in [3.05, 3.63) is 46.4 Å². The minimum Gasteiger partial charge on any atom is -0.319 e. The molecule has 0 aliphatic carbocycles. The van der Waals surface area contributed by atoms with Gasteiger partial charge in [-0.2, -0.15) is 0 Å². The number of hydrogen-bond acceptors (Lipinski definition) is 4. The zero-order chi connectivity index (χ0) is 20.4. The molecule has 7 heteroatoms. The van der Waals surface area contributed by atoms with Gasteiger partial charge >= 0.3 is 0 Å². The van der Waals surface area contributed by atoms with Crippen molar-refractivity contribution in [3.8, 4) is 5.69 Å². The lowest BCUT2D eigenvalue weighted by Crippen LogP contribution is -2.49. The van der Waals surface area contributed by atoms with Gasteiger partial charge in [0.25, 0.3) is 5.56 Å². The van der Waals surface area contributed by atoms with Gasteiger partial charge in [-0.1, -0.05) is 18.2 Å². The molecular weight excluding hydrogens is 354 g/mol.